The highest BCUT2D eigenvalue weighted by molar-refractivity contribution is 5.99. The Morgan fingerprint density at radius 1 is 0.670 bits per heavy atom. The van der Waals surface area contributed by atoms with E-state index in [0.29, 0.717) is 41.6 Å². The predicted octanol–water partition coefficient (Wildman–Crippen LogP) is 2.77. The number of nitrogens with zero attached hydrogens (tertiary/aromatic N) is 3. The second kappa shape index (κ2) is 30.3. The van der Waals surface area contributed by atoms with Crippen LogP contribution in [0, 0.1) is 11.7 Å². The summed E-state index contributed by atoms with van der Waals surface area (Å²) in [6.45, 7) is 5.97. The first-order chi connectivity index (χ1) is 42.2. The van der Waals surface area contributed by atoms with E-state index in [9.17, 15) is 43.4 Å². The number of aliphatic hydroxyl groups is 1. The second-order valence-electron chi connectivity index (χ2n) is 23.0. The quantitative estimate of drug-likeness (QED) is 0.0192. The van der Waals surface area contributed by atoms with E-state index in [2.05, 4.69) is 46.9 Å². The van der Waals surface area contributed by atoms with Gasteiger partial charge < -0.3 is 73.3 Å². The minimum Gasteiger partial charge on any atom is -0.508 e. The fourth-order valence-corrected chi connectivity index (χ4v) is 11.6. The maximum Gasteiger partial charge on any atom is 0.246 e. The number of phenols is 1. The summed E-state index contributed by atoms with van der Waals surface area (Å²) in [6.07, 6.45) is 3.34. The molecule has 1 unspecified atom stereocenters. The standard InChI is InChI=1S/C64H80FN13O10/c1-4-68-60(85)54-16-10-28-77(54)62(87)49(15-9-27-69-64(66)67)73-57(82)50(29-37(2)3)74-59(84)52(31-40-34-70-47-13-7-5-11-45(40)47)75-58(83)51(30-39-19-24-43(79)25-20-39)76-61(86)55-33-44(80)36-78(55)63(88)53(32-41-35-71-48-14-8-6-12-46(41)48)72-56(81)26-21-38-17-22-42(65)23-18-38/h5-8,11-14,17-20,22-25,34-35,37,44,49-55,70-71,79-80H,4,9-10,15-16,21,26-33,36H2,1-3H3,(H,68,85)(H,72,81)(H,73,82)(H,74,84)(H,75,83)(H,76,86)(H4,66,67,69)/t44?,49-,50-,51-,52+,53+,54-,55-/m0/s1. The summed E-state index contributed by atoms with van der Waals surface area (Å²) in [6, 6.07) is 17.8. The number of hydrogen-bond donors (Lipinski definition) is 12. The molecule has 14 N–H and O–H groups in total. The van der Waals surface area contributed by atoms with Crippen molar-refractivity contribution in [1.82, 2.24) is 51.7 Å². The van der Waals surface area contributed by atoms with Crippen molar-refractivity contribution >= 4 is 75.0 Å². The van der Waals surface area contributed by atoms with E-state index in [1.807, 2.05) is 62.4 Å². The molecule has 8 rings (SSSR count). The van der Waals surface area contributed by atoms with E-state index in [1.54, 1.807) is 43.6 Å². The Bertz CT molecular complexity index is 3460. The number of phenolic OH excluding ortho intramolecular Hbond substituents is 1. The van der Waals surface area contributed by atoms with Crippen LogP contribution >= 0.6 is 0 Å². The molecule has 4 aromatic carbocycles. The number of nitrogens with two attached hydrogens (primary N) is 2. The number of fused-ring (bicyclic) bond motifs is 2. The third-order valence-corrected chi connectivity index (χ3v) is 16.0. The summed E-state index contributed by atoms with van der Waals surface area (Å²) < 4.78 is 13.7. The van der Waals surface area contributed by atoms with Gasteiger partial charge in [-0.15, -0.1) is 0 Å². The number of aliphatic imine (C=N–C) groups is 1. The zero-order chi connectivity index (χ0) is 63.0. The fourth-order valence-electron chi connectivity index (χ4n) is 11.6. The van der Waals surface area contributed by atoms with Crippen LogP contribution in [0.3, 0.4) is 0 Å². The summed E-state index contributed by atoms with van der Waals surface area (Å²) in [5.41, 5.74) is 15.2. The van der Waals surface area contributed by atoms with E-state index < -0.39 is 95.6 Å². The number of likely N-dealkylation sites (N-methyl/N-ethyl adjacent to an activating group) is 1. The molecule has 2 aliphatic rings. The maximum atomic E-state index is 15.1. The van der Waals surface area contributed by atoms with Crippen LogP contribution in [0.15, 0.2) is 114 Å². The molecule has 2 aromatic heterocycles. The van der Waals surface area contributed by atoms with Crippen molar-refractivity contribution in [1.29, 1.82) is 0 Å². The highest BCUT2D eigenvalue weighted by Crippen LogP contribution is 2.26. The Morgan fingerprint density at radius 2 is 1.24 bits per heavy atom. The molecule has 88 heavy (non-hydrogen) atoms. The number of halogens is 1. The van der Waals surface area contributed by atoms with Gasteiger partial charge in [0.15, 0.2) is 5.96 Å². The summed E-state index contributed by atoms with van der Waals surface area (Å²) in [7, 11) is 0. The molecular formula is C64H80FN13O10. The van der Waals surface area contributed by atoms with Gasteiger partial charge in [0.1, 0.15) is 53.9 Å². The number of aryl methyl sites for hydroxylation is 1. The summed E-state index contributed by atoms with van der Waals surface area (Å²) in [5.74, 6) is -5.93. The Labute approximate surface area is 509 Å². The van der Waals surface area contributed by atoms with Gasteiger partial charge >= 0.3 is 0 Å². The molecule has 2 saturated heterocycles. The number of aliphatic hydroxyl groups excluding tert-OH is 1. The number of guanidine groups is 1. The first-order valence-corrected chi connectivity index (χ1v) is 30.0. The molecule has 2 fully saturated rings. The Kier molecular flexibility index (Phi) is 22.3. The van der Waals surface area contributed by atoms with Crippen LogP contribution in [0.1, 0.15) is 88.0 Å². The zero-order valence-corrected chi connectivity index (χ0v) is 49.7. The van der Waals surface area contributed by atoms with Crippen LogP contribution in [0.4, 0.5) is 4.39 Å². The molecule has 0 bridgehead atoms. The SMILES string of the molecule is CCNC(=O)[C@@H]1CCCN1C(=O)[C@H](CCCN=C(N)N)NC(=O)[C@H](CC(C)C)NC(=O)[C@@H](Cc1c[nH]c2ccccc12)NC(=O)[C@H](Cc1ccc(O)cc1)NC(=O)[C@@H]1CC(O)CN1C(=O)[C@@H](Cc1c[nH]c2ccccc12)NC(=O)CCc1ccc(F)cc1. The van der Waals surface area contributed by atoms with Crippen LogP contribution in [-0.4, -0.2) is 158 Å². The third kappa shape index (κ3) is 17.2. The molecule has 0 radical (unpaired) electrons. The van der Waals surface area contributed by atoms with Gasteiger partial charge in [-0.05, 0) is 110 Å². The van der Waals surface area contributed by atoms with Gasteiger partial charge in [-0.1, -0.05) is 74.5 Å². The number of hydrogen-bond acceptors (Lipinski definition) is 11. The van der Waals surface area contributed by atoms with Gasteiger partial charge in [-0.3, -0.25) is 43.3 Å². The Morgan fingerprint density at radius 3 is 1.86 bits per heavy atom. The first kappa shape index (κ1) is 64.7. The minimum absolute atomic E-state index is 0.00481. The molecule has 8 amide bonds. The van der Waals surface area contributed by atoms with Crippen molar-refractivity contribution < 1.29 is 53.0 Å². The lowest BCUT2D eigenvalue weighted by Gasteiger charge is -2.31. The second-order valence-corrected chi connectivity index (χ2v) is 23.0. The molecule has 468 valence electrons. The van der Waals surface area contributed by atoms with Crippen molar-refractivity contribution in [2.24, 2.45) is 22.4 Å². The number of carbonyl (C=O) groups is 8. The maximum absolute atomic E-state index is 15.1. The molecular weight excluding hydrogens is 1130 g/mol. The van der Waals surface area contributed by atoms with Crippen molar-refractivity contribution in [2.45, 2.75) is 140 Å². The fraction of sp³-hybridized carbons (Fsp3) is 0.422. The Balaban J connectivity index is 1.06. The van der Waals surface area contributed by atoms with Gasteiger partial charge in [0.2, 0.25) is 47.3 Å². The number of benzene rings is 4. The van der Waals surface area contributed by atoms with Gasteiger partial charge in [-0.2, -0.15) is 0 Å². The monoisotopic (exact) mass is 1210 g/mol. The minimum atomic E-state index is -1.47. The van der Waals surface area contributed by atoms with Crippen LogP contribution in [-0.2, 0) is 64.0 Å². The summed E-state index contributed by atoms with van der Waals surface area (Å²) in [4.78, 5) is 129. The lowest BCUT2D eigenvalue weighted by Crippen LogP contribution is -2.60. The molecule has 24 heteroatoms. The normalized spacial score (nSPS) is 17.4. The van der Waals surface area contributed by atoms with Crippen molar-refractivity contribution in [2.75, 3.05) is 26.2 Å². The third-order valence-electron chi connectivity index (χ3n) is 16.0. The van der Waals surface area contributed by atoms with Crippen LogP contribution in [0.2, 0.25) is 0 Å². The Hall–Kier alpha value is -9.32. The number of para-hydroxylation sites is 2. The zero-order valence-electron chi connectivity index (χ0n) is 49.7. The van der Waals surface area contributed by atoms with Crippen LogP contribution < -0.4 is 43.4 Å². The van der Waals surface area contributed by atoms with Gasteiger partial charge in [-0.25, -0.2) is 4.39 Å². The summed E-state index contributed by atoms with van der Waals surface area (Å²) >= 11 is 0. The number of aromatic amines is 2. The number of aromatic hydroxyl groups is 1. The number of amides is 8. The smallest absolute Gasteiger partial charge is 0.246 e. The molecule has 23 nitrogen and oxygen atoms in total. The number of rotatable bonds is 28. The van der Waals surface area contributed by atoms with E-state index in [0.717, 1.165) is 21.8 Å². The number of carbonyl (C=O) groups excluding carboxylic acids is 8. The van der Waals surface area contributed by atoms with Crippen molar-refractivity contribution in [3.63, 3.8) is 0 Å². The van der Waals surface area contributed by atoms with E-state index in [4.69, 9.17) is 11.5 Å². The number of likely N-dealkylation sites (tertiary alicyclic amines) is 2. The number of β-amino-alcohol motifs (C(OH)–C–C–N with tert-alkyl or cyclic N) is 1. The molecule has 8 atom stereocenters. The van der Waals surface area contributed by atoms with E-state index in [1.165, 1.54) is 34.1 Å². The highest BCUT2D eigenvalue weighted by Gasteiger charge is 2.44. The number of nitrogens with one attached hydrogen (secondary N) is 8. The van der Waals surface area contributed by atoms with Gasteiger partial charge in [0, 0.05) is 92.5 Å². The molecule has 2 aliphatic heterocycles. The van der Waals surface area contributed by atoms with Crippen LogP contribution in [0.25, 0.3) is 21.8 Å². The molecule has 0 aliphatic carbocycles. The van der Waals surface area contributed by atoms with Crippen LogP contribution in [0.5, 0.6) is 5.75 Å². The first-order valence-electron chi connectivity index (χ1n) is 30.0. The lowest BCUT2D eigenvalue weighted by atomic mass is 9.99. The average molecular weight is 1210 g/mol. The molecule has 0 spiro atoms. The van der Waals surface area contributed by atoms with E-state index >= 15 is 9.59 Å². The topological polar surface area (TPSA) is 352 Å². The number of H-pyrrole nitrogens is 2. The van der Waals surface area contributed by atoms with Gasteiger partial charge in [0.05, 0.1) is 6.10 Å². The molecule has 0 saturated carbocycles. The number of aromatic nitrogens is 2. The molecule has 4 heterocycles. The molecule has 6 aromatic rings. The van der Waals surface area contributed by atoms with E-state index in [-0.39, 0.29) is 101 Å². The van der Waals surface area contributed by atoms with Crippen molar-refractivity contribution in [3.05, 3.63) is 138 Å². The highest BCUT2D eigenvalue weighted by atomic mass is 19.1. The summed E-state index contributed by atoms with van der Waals surface area (Å²) in [5, 5.41) is 40.1. The lowest BCUT2D eigenvalue weighted by molar-refractivity contribution is -0.142. The largest absolute Gasteiger partial charge is 0.508 e. The van der Waals surface area contributed by atoms with Gasteiger partial charge in [0.25, 0.3) is 0 Å². The predicted molar refractivity (Wildman–Crippen MR) is 329 cm³/mol. The van der Waals surface area contributed by atoms with Crippen molar-refractivity contribution in [3.8, 4) is 5.75 Å². The average Bonchev–Trinajstić information content (AvgIpc) is 2.20.